The highest BCUT2D eigenvalue weighted by Gasteiger charge is 2.34. The number of nitrogens with zero attached hydrogens (tertiary/aromatic N) is 4. The Hall–Kier alpha value is -2.18. The summed E-state index contributed by atoms with van der Waals surface area (Å²) >= 11 is 0. The number of anilines is 2. The normalized spacial score (nSPS) is 15.0. The minimum absolute atomic E-state index is 0.350. The summed E-state index contributed by atoms with van der Waals surface area (Å²) in [6.07, 6.45) is -4.20. The van der Waals surface area contributed by atoms with E-state index in [0.717, 1.165) is 17.1 Å². The molecule has 0 saturated heterocycles. The quantitative estimate of drug-likeness (QED) is 0.867. The largest absolute Gasteiger partial charge is 0.405 e. The summed E-state index contributed by atoms with van der Waals surface area (Å²) in [5.74, 6) is 0. The highest BCUT2D eigenvalue weighted by molar-refractivity contribution is 5.73. The zero-order valence-corrected chi connectivity index (χ0v) is 13.1. The van der Waals surface area contributed by atoms with Crippen molar-refractivity contribution in [2.75, 3.05) is 29.4 Å². The predicted octanol–water partition coefficient (Wildman–Crippen LogP) is 3.12. The molecule has 1 aliphatic rings. The molecule has 1 aliphatic heterocycles. The molecule has 0 N–H and O–H groups in total. The van der Waals surface area contributed by atoms with E-state index in [9.17, 15) is 13.2 Å². The van der Waals surface area contributed by atoms with Gasteiger partial charge in [-0.15, -0.1) is 0 Å². The molecule has 124 valence electrons. The molecule has 1 aromatic carbocycles. The van der Waals surface area contributed by atoms with Gasteiger partial charge in [0, 0.05) is 25.8 Å². The minimum Gasteiger partial charge on any atom is -0.362 e. The Balaban J connectivity index is 1.85. The van der Waals surface area contributed by atoms with Crippen LogP contribution in [0.2, 0.25) is 0 Å². The molecule has 0 bridgehead atoms. The Bertz CT molecular complexity index is 673. The van der Waals surface area contributed by atoms with Crippen molar-refractivity contribution in [1.82, 2.24) is 9.78 Å². The van der Waals surface area contributed by atoms with E-state index in [4.69, 9.17) is 0 Å². The van der Waals surface area contributed by atoms with Gasteiger partial charge in [0.2, 0.25) is 0 Å². The van der Waals surface area contributed by atoms with Crippen molar-refractivity contribution < 1.29 is 13.2 Å². The first-order valence-corrected chi connectivity index (χ1v) is 7.49. The second-order valence-corrected chi connectivity index (χ2v) is 5.85. The lowest BCUT2D eigenvalue weighted by molar-refractivity contribution is -0.119. The van der Waals surface area contributed by atoms with Crippen LogP contribution in [0.4, 0.5) is 24.5 Å². The van der Waals surface area contributed by atoms with Gasteiger partial charge in [-0.2, -0.15) is 18.3 Å². The topological polar surface area (TPSA) is 24.3 Å². The molecule has 23 heavy (non-hydrogen) atoms. The van der Waals surface area contributed by atoms with Gasteiger partial charge in [-0.3, -0.25) is 4.68 Å². The van der Waals surface area contributed by atoms with E-state index < -0.39 is 12.7 Å². The van der Waals surface area contributed by atoms with E-state index in [2.05, 4.69) is 10.00 Å². The first-order chi connectivity index (χ1) is 10.8. The molecule has 4 nitrogen and oxygen atoms in total. The number of rotatable bonds is 3. The van der Waals surface area contributed by atoms with Crippen molar-refractivity contribution in [3.8, 4) is 0 Å². The molecule has 0 aliphatic carbocycles. The lowest BCUT2D eigenvalue weighted by Crippen LogP contribution is -2.44. The summed E-state index contributed by atoms with van der Waals surface area (Å²) in [5, 5.41) is 4.44. The maximum atomic E-state index is 12.8. The molecule has 0 spiro atoms. The zero-order chi connectivity index (χ0) is 16.6. The van der Waals surface area contributed by atoms with Gasteiger partial charge in [-0.1, -0.05) is 12.1 Å². The second-order valence-electron chi connectivity index (χ2n) is 5.85. The van der Waals surface area contributed by atoms with Crippen LogP contribution in [0.1, 0.15) is 11.4 Å². The van der Waals surface area contributed by atoms with Crippen molar-refractivity contribution in [2.24, 2.45) is 7.05 Å². The number of fused-ring (bicyclic) bond motifs is 1. The van der Waals surface area contributed by atoms with Crippen molar-refractivity contribution in [1.29, 1.82) is 0 Å². The number of halogens is 3. The van der Waals surface area contributed by atoms with Crippen molar-refractivity contribution >= 4 is 11.4 Å². The summed E-state index contributed by atoms with van der Waals surface area (Å²) in [6, 6.07) is 9.25. The van der Waals surface area contributed by atoms with Crippen LogP contribution >= 0.6 is 0 Å². The zero-order valence-electron chi connectivity index (χ0n) is 13.1. The summed E-state index contributed by atoms with van der Waals surface area (Å²) in [4.78, 5) is 3.49. The Morgan fingerprint density at radius 2 is 1.70 bits per heavy atom. The first kappa shape index (κ1) is 15.7. The van der Waals surface area contributed by atoms with E-state index in [1.54, 1.807) is 16.8 Å². The monoisotopic (exact) mass is 324 g/mol. The Morgan fingerprint density at radius 3 is 2.26 bits per heavy atom. The van der Waals surface area contributed by atoms with Crippen LogP contribution in [0.25, 0.3) is 0 Å². The van der Waals surface area contributed by atoms with Gasteiger partial charge in [0.1, 0.15) is 6.54 Å². The van der Waals surface area contributed by atoms with E-state index in [-0.39, 0.29) is 0 Å². The number of benzene rings is 1. The van der Waals surface area contributed by atoms with Gasteiger partial charge in [-0.05, 0) is 25.1 Å². The van der Waals surface area contributed by atoms with Gasteiger partial charge in [-0.25, -0.2) is 0 Å². The number of hydrogen-bond acceptors (Lipinski definition) is 3. The summed E-state index contributed by atoms with van der Waals surface area (Å²) in [5.41, 5.74) is 3.43. The average Bonchev–Trinajstić information content (AvgIpc) is 2.79. The Morgan fingerprint density at radius 1 is 1.09 bits per heavy atom. The number of aromatic nitrogens is 2. The molecular weight excluding hydrogens is 305 g/mol. The molecule has 0 atom stereocenters. The smallest absolute Gasteiger partial charge is 0.362 e. The van der Waals surface area contributed by atoms with Gasteiger partial charge in [0.25, 0.3) is 0 Å². The highest BCUT2D eigenvalue weighted by Crippen LogP contribution is 2.35. The molecule has 0 unspecified atom stereocenters. The first-order valence-electron chi connectivity index (χ1n) is 7.49. The standard InChI is InChI=1S/C16H19F3N4/c1-12-9-13(20-21(12)2)10-22-7-8-23(11-16(17,18)19)15-6-4-3-5-14(15)22/h3-6,9H,7-8,10-11H2,1-2H3. The van der Waals surface area contributed by atoms with Crippen LogP contribution in [0.15, 0.2) is 30.3 Å². The van der Waals surface area contributed by atoms with Gasteiger partial charge < -0.3 is 9.80 Å². The molecule has 2 aromatic rings. The molecule has 3 rings (SSSR count). The van der Waals surface area contributed by atoms with E-state index in [1.165, 1.54) is 4.90 Å². The summed E-state index contributed by atoms with van der Waals surface area (Å²) in [6.45, 7) is 2.55. The predicted molar refractivity (Wildman–Crippen MR) is 83.7 cm³/mol. The van der Waals surface area contributed by atoms with Gasteiger partial charge in [0.15, 0.2) is 0 Å². The number of hydrogen-bond donors (Lipinski definition) is 0. The summed E-state index contributed by atoms with van der Waals surface area (Å²) in [7, 11) is 1.88. The Kier molecular flexibility index (Phi) is 3.95. The van der Waals surface area contributed by atoms with Crippen LogP contribution in [-0.4, -0.2) is 35.6 Å². The molecule has 2 heterocycles. The molecule has 0 amide bonds. The fourth-order valence-corrected chi connectivity index (χ4v) is 2.93. The number of alkyl halides is 3. The van der Waals surface area contributed by atoms with E-state index >= 15 is 0 Å². The van der Waals surface area contributed by atoms with Gasteiger partial charge >= 0.3 is 6.18 Å². The number of aryl methyl sites for hydroxylation is 2. The van der Waals surface area contributed by atoms with Crippen molar-refractivity contribution in [3.05, 3.63) is 41.7 Å². The van der Waals surface area contributed by atoms with Crippen molar-refractivity contribution in [3.63, 3.8) is 0 Å². The van der Waals surface area contributed by atoms with Crippen molar-refractivity contribution in [2.45, 2.75) is 19.6 Å². The third-order valence-corrected chi connectivity index (χ3v) is 4.09. The minimum atomic E-state index is -4.20. The lowest BCUT2D eigenvalue weighted by atomic mass is 10.1. The molecule has 0 saturated carbocycles. The van der Waals surface area contributed by atoms with Gasteiger partial charge in [0.05, 0.1) is 23.6 Å². The second kappa shape index (κ2) is 5.79. The molecule has 7 heteroatoms. The van der Waals surface area contributed by atoms with Crippen LogP contribution < -0.4 is 9.80 Å². The SMILES string of the molecule is Cc1cc(CN2CCN(CC(F)(F)F)c3ccccc32)nn1C. The molecular formula is C16H19F3N4. The molecule has 0 radical (unpaired) electrons. The third kappa shape index (κ3) is 3.43. The van der Waals surface area contributed by atoms with E-state index in [0.29, 0.717) is 25.3 Å². The third-order valence-electron chi connectivity index (χ3n) is 4.09. The van der Waals surface area contributed by atoms with Crippen LogP contribution in [0.3, 0.4) is 0 Å². The fraction of sp³-hybridized carbons (Fsp3) is 0.438. The summed E-state index contributed by atoms with van der Waals surface area (Å²) < 4.78 is 40.1. The lowest BCUT2D eigenvalue weighted by Gasteiger charge is -2.38. The maximum absolute atomic E-state index is 12.8. The van der Waals surface area contributed by atoms with Crippen LogP contribution in [0, 0.1) is 6.92 Å². The Labute approximate surface area is 133 Å². The number of para-hydroxylation sites is 2. The van der Waals surface area contributed by atoms with Crippen LogP contribution in [0.5, 0.6) is 0 Å². The molecule has 1 aromatic heterocycles. The maximum Gasteiger partial charge on any atom is 0.405 e. The highest BCUT2D eigenvalue weighted by atomic mass is 19.4. The van der Waals surface area contributed by atoms with Crippen LogP contribution in [-0.2, 0) is 13.6 Å². The average molecular weight is 324 g/mol. The van der Waals surface area contributed by atoms with E-state index in [1.807, 2.05) is 32.2 Å². The molecule has 0 fully saturated rings. The fourth-order valence-electron chi connectivity index (χ4n) is 2.93.